The highest BCUT2D eigenvalue weighted by Gasteiger charge is 2.49. The fraction of sp³-hybridized carbons (Fsp3) is 0.500. The third-order valence-corrected chi connectivity index (χ3v) is 7.34. The summed E-state index contributed by atoms with van der Waals surface area (Å²) >= 11 is 1.46. The van der Waals surface area contributed by atoms with Gasteiger partial charge in [-0.05, 0) is 29.1 Å². The monoisotopic (exact) mass is 500 g/mol. The first-order chi connectivity index (χ1) is 13.8. The number of benzene rings is 1. The number of ether oxygens (including phenoxy) is 1. The lowest BCUT2D eigenvalue weighted by Crippen LogP contribution is -3.00. The van der Waals surface area contributed by atoms with E-state index < -0.39 is 17.7 Å². The molecule has 0 unspecified atom stereocenters. The van der Waals surface area contributed by atoms with Gasteiger partial charge in [0, 0.05) is 43.0 Å². The van der Waals surface area contributed by atoms with Crippen molar-refractivity contribution in [3.63, 3.8) is 0 Å². The minimum absolute atomic E-state index is 0. The van der Waals surface area contributed by atoms with Crippen LogP contribution in [0.1, 0.15) is 31.2 Å². The van der Waals surface area contributed by atoms with Gasteiger partial charge in [0.2, 0.25) is 0 Å². The molecule has 3 atom stereocenters. The molecular formula is C22H27BrF2N2O2S. The highest BCUT2D eigenvalue weighted by atomic mass is 79.9. The fourth-order valence-electron chi connectivity index (χ4n) is 4.95. The van der Waals surface area contributed by atoms with E-state index >= 15 is 0 Å². The fourth-order valence-corrected chi connectivity index (χ4v) is 5.60. The van der Waals surface area contributed by atoms with Gasteiger partial charge in [-0.3, -0.25) is 4.90 Å². The summed E-state index contributed by atoms with van der Waals surface area (Å²) in [4.78, 5) is 14.3. The molecule has 2 saturated heterocycles. The van der Waals surface area contributed by atoms with Crippen molar-refractivity contribution in [2.75, 3.05) is 25.6 Å². The Hall–Kier alpha value is -1.51. The zero-order valence-electron chi connectivity index (χ0n) is 17.2. The molecule has 2 bridgehead atoms. The second-order valence-corrected chi connectivity index (χ2v) is 9.55. The number of piperidine rings is 1. The number of amides is 1. The smallest absolute Gasteiger partial charge is 0.414 e. The molecule has 8 heteroatoms. The first-order valence-corrected chi connectivity index (χ1v) is 11.0. The normalized spacial score (nSPS) is 24.2. The van der Waals surface area contributed by atoms with Crippen LogP contribution in [-0.2, 0) is 11.3 Å². The van der Waals surface area contributed by atoms with Gasteiger partial charge >= 0.3 is 6.09 Å². The lowest BCUT2D eigenvalue weighted by atomic mass is 9.90. The molecule has 3 heterocycles. The Balaban J connectivity index is 0.00000256. The van der Waals surface area contributed by atoms with Crippen molar-refractivity contribution >= 4 is 23.1 Å². The Kier molecular flexibility index (Phi) is 7.20. The predicted molar refractivity (Wildman–Crippen MR) is 110 cm³/mol. The van der Waals surface area contributed by atoms with Crippen LogP contribution in [0.15, 0.2) is 35.0 Å². The van der Waals surface area contributed by atoms with Gasteiger partial charge in [0.1, 0.15) is 11.6 Å². The van der Waals surface area contributed by atoms with Crippen molar-refractivity contribution in [1.29, 1.82) is 0 Å². The SMILES string of the molecule is C[N+]1(C)[C@@H]2CC[C@H]1C[C@@H](COC(=O)N(Cc1cc(F)cc(F)c1)c1ccsc1)C2.[Br-]. The summed E-state index contributed by atoms with van der Waals surface area (Å²) in [6.07, 6.45) is 4.16. The standard InChI is InChI=1S/C22H27F2N2O2S.BrH/c1-26(2)20-3-4-21(26)10-16(9-20)13-28-22(27)25(19-5-6-29-14-19)12-15-7-17(23)11-18(24)8-15;/h5-8,11,14,16,20-21H,3-4,9-10,12-13H2,1-2H3;1H/q+1;/p-1/t16-,20+,21-;. The number of nitrogens with zero attached hydrogens (tertiary/aromatic N) is 2. The highest BCUT2D eigenvalue weighted by Crippen LogP contribution is 2.42. The summed E-state index contributed by atoms with van der Waals surface area (Å²) in [5.74, 6) is -0.937. The maximum absolute atomic E-state index is 13.6. The number of thiophene rings is 1. The molecular weight excluding hydrogens is 474 g/mol. The van der Waals surface area contributed by atoms with Crippen LogP contribution in [0.3, 0.4) is 0 Å². The summed E-state index contributed by atoms with van der Waals surface area (Å²) in [7, 11) is 4.61. The van der Waals surface area contributed by atoms with Gasteiger partial charge in [0.15, 0.2) is 0 Å². The molecule has 1 aromatic heterocycles. The molecule has 2 aromatic rings. The minimum Gasteiger partial charge on any atom is -1.00 e. The first kappa shape index (κ1) is 23.2. The maximum Gasteiger partial charge on any atom is 0.414 e. The number of carbonyl (C=O) groups is 1. The van der Waals surface area contributed by atoms with E-state index in [2.05, 4.69) is 14.1 Å². The number of rotatable bonds is 5. The van der Waals surface area contributed by atoms with E-state index in [4.69, 9.17) is 4.74 Å². The third kappa shape index (κ3) is 4.86. The van der Waals surface area contributed by atoms with E-state index in [1.54, 1.807) is 0 Å². The largest absolute Gasteiger partial charge is 1.00 e. The highest BCUT2D eigenvalue weighted by molar-refractivity contribution is 7.08. The summed E-state index contributed by atoms with van der Waals surface area (Å²) in [5, 5.41) is 3.69. The van der Waals surface area contributed by atoms with E-state index in [-0.39, 0.29) is 23.5 Å². The number of quaternary nitrogens is 1. The molecule has 2 fully saturated rings. The molecule has 0 N–H and O–H groups in total. The van der Waals surface area contributed by atoms with Crippen LogP contribution < -0.4 is 21.9 Å². The molecule has 4 rings (SSSR count). The predicted octanol–water partition coefficient (Wildman–Crippen LogP) is 2.19. The van der Waals surface area contributed by atoms with Gasteiger partial charge in [-0.1, -0.05) is 0 Å². The van der Waals surface area contributed by atoms with Gasteiger partial charge in [-0.2, -0.15) is 11.3 Å². The molecule has 164 valence electrons. The number of hydrogen-bond donors (Lipinski definition) is 0. The number of carbonyl (C=O) groups excluding carboxylic acids is 1. The van der Waals surface area contributed by atoms with Crippen molar-refractivity contribution in [3.05, 3.63) is 52.2 Å². The number of halogens is 3. The van der Waals surface area contributed by atoms with Crippen molar-refractivity contribution in [2.45, 2.75) is 44.3 Å². The molecule has 0 aliphatic carbocycles. The second kappa shape index (κ2) is 9.32. The number of hydrogen-bond acceptors (Lipinski definition) is 3. The van der Waals surface area contributed by atoms with Gasteiger partial charge in [0.05, 0.1) is 45.0 Å². The second-order valence-electron chi connectivity index (χ2n) is 8.77. The van der Waals surface area contributed by atoms with Crippen LogP contribution in [0.2, 0.25) is 0 Å². The third-order valence-electron chi connectivity index (χ3n) is 6.67. The molecule has 0 radical (unpaired) electrons. The zero-order chi connectivity index (χ0) is 20.6. The lowest BCUT2D eigenvalue weighted by molar-refractivity contribution is -0.931. The lowest BCUT2D eigenvalue weighted by Gasteiger charge is -2.44. The Labute approximate surface area is 190 Å². The first-order valence-electron chi connectivity index (χ1n) is 10.1. The molecule has 30 heavy (non-hydrogen) atoms. The van der Waals surface area contributed by atoms with Crippen molar-refractivity contribution in [2.24, 2.45) is 5.92 Å². The molecule has 4 nitrogen and oxygen atoms in total. The van der Waals surface area contributed by atoms with Gasteiger partial charge < -0.3 is 26.2 Å². The van der Waals surface area contributed by atoms with E-state index in [1.807, 2.05) is 16.8 Å². The Bertz CT molecular complexity index is 842. The summed E-state index contributed by atoms with van der Waals surface area (Å²) in [6, 6.07) is 6.40. The molecule has 0 saturated carbocycles. The summed E-state index contributed by atoms with van der Waals surface area (Å²) in [6.45, 7) is 0.452. The van der Waals surface area contributed by atoms with Crippen molar-refractivity contribution < 1.29 is 39.8 Å². The quantitative estimate of drug-likeness (QED) is 0.589. The van der Waals surface area contributed by atoms with E-state index in [0.29, 0.717) is 35.9 Å². The zero-order valence-corrected chi connectivity index (χ0v) is 19.6. The van der Waals surface area contributed by atoms with Crippen molar-refractivity contribution in [3.8, 4) is 0 Å². The Morgan fingerprint density at radius 3 is 2.37 bits per heavy atom. The van der Waals surface area contributed by atoms with E-state index in [9.17, 15) is 13.6 Å². The Morgan fingerprint density at radius 1 is 1.17 bits per heavy atom. The molecule has 2 aliphatic rings. The van der Waals surface area contributed by atoms with Crippen LogP contribution in [-0.4, -0.2) is 43.4 Å². The molecule has 2 aliphatic heterocycles. The van der Waals surface area contributed by atoms with Crippen LogP contribution in [0.4, 0.5) is 19.3 Å². The number of anilines is 1. The van der Waals surface area contributed by atoms with E-state index in [1.165, 1.54) is 41.2 Å². The van der Waals surface area contributed by atoms with Gasteiger partial charge in [0.25, 0.3) is 0 Å². The topological polar surface area (TPSA) is 29.5 Å². The van der Waals surface area contributed by atoms with E-state index in [0.717, 1.165) is 23.4 Å². The average Bonchev–Trinajstić information content (AvgIpc) is 3.19. The molecule has 0 spiro atoms. The molecule has 1 aromatic carbocycles. The summed E-state index contributed by atoms with van der Waals surface area (Å²) in [5.41, 5.74) is 1.06. The average molecular weight is 501 g/mol. The summed E-state index contributed by atoms with van der Waals surface area (Å²) < 4.78 is 33.9. The van der Waals surface area contributed by atoms with Gasteiger partial charge in [-0.15, -0.1) is 0 Å². The Morgan fingerprint density at radius 2 is 1.80 bits per heavy atom. The van der Waals surface area contributed by atoms with Crippen LogP contribution in [0.25, 0.3) is 0 Å². The van der Waals surface area contributed by atoms with Crippen LogP contribution in [0, 0.1) is 17.6 Å². The van der Waals surface area contributed by atoms with Gasteiger partial charge in [-0.25, -0.2) is 13.6 Å². The minimum atomic E-state index is -0.656. The van der Waals surface area contributed by atoms with Crippen LogP contribution >= 0.6 is 11.3 Å². The maximum atomic E-state index is 13.6. The van der Waals surface area contributed by atoms with Crippen LogP contribution in [0.5, 0.6) is 0 Å². The molecule has 1 amide bonds. The van der Waals surface area contributed by atoms with Crippen molar-refractivity contribution in [1.82, 2.24) is 0 Å². The number of fused-ring (bicyclic) bond motifs is 2.